The topological polar surface area (TPSA) is 151 Å². The number of aliphatic hydroxyl groups excluding tert-OH is 2. The average Bonchev–Trinajstić information content (AvgIpc) is 3.01. The van der Waals surface area contributed by atoms with Crippen molar-refractivity contribution in [2.24, 2.45) is 5.73 Å². The minimum Gasteiger partial charge on any atom is -0.393 e. The van der Waals surface area contributed by atoms with Crippen molar-refractivity contribution in [1.82, 2.24) is 5.32 Å². The molecule has 0 aromatic carbocycles. The van der Waals surface area contributed by atoms with E-state index in [1.807, 2.05) is 0 Å². The minimum atomic E-state index is -4.39. The van der Waals surface area contributed by atoms with Crippen LogP contribution in [0.25, 0.3) is 0 Å². The SMILES string of the molecule is CCC/C=C/CC/C=C/C(O)C(COP(=O)(O)OCCN)NC(=O)CC(O)CCCCC/C=C\CCCCCCCCCCC. The molecule has 1 amide bonds. The Kier molecular flexibility index (Phi) is 30.4. The van der Waals surface area contributed by atoms with Crippen LogP contribution in [0.4, 0.5) is 0 Å². The van der Waals surface area contributed by atoms with E-state index in [9.17, 15) is 24.5 Å². The van der Waals surface area contributed by atoms with Gasteiger partial charge >= 0.3 is 7.82 Å². The Balaban J connectivity index is 4.36. The first-order valence-corrected chi connectivity index (χ1v) is 19.2. The molecule has 0 spiro atoms. The van der Waals surface area contributed by atoms with Crippen LogP contribution in [-0.4, -0.2) is 59.0 Å². The quantitative estimate of drug-likeness (QED) is 0.0279. The van der Waals surface area contributed by atoms with Gasteiger partial charge in [0.25, 0.3) is 0 Å². The summed E-state index contributed by atoms with van der Waals surface area (Å²) in [5.74, 6) is -0.471. The molecule has 0 bridgehead atoms. The fourth-order valence-corrected chi connectivity index (χ4v) is 5.54. The number of nitrogens with one attached hydrogen (secondary N) is 1. The van der Waals surface area contributed by atoms with E-state index in [-0.39, 0.29) is 19.6 Å². The number of nitrogens with two attached hydrogens (primary N) is 1. The van der Waals surface area contributed by atoms with Crippen LogP contribution in [0.1, 0.15) is 142 Å². The molecule has 0 saturated heterocycles. The molecule has 9 nitrogen and oxygen atoms in total. The minimum absolute atomic E-state index is 0.0418. The van der Waals surface area contributed by atoms with E-state index < -0.39 is 38.6 Å². The van der Waals surface area contributed by atoms with Crippen LogP contribution >= 0.6 is 7.82 Å². The van der Waals surface area contributed by atoms with Crippen molar-refractivity contribution in [2.75, 3.05) is 19.8 Å². The molecule has 0 saturated carbocycles. The Bertz CT molecular complexity index is 822. The summed E-state index contributed by atoms with van der Waals surface area (Å²) in [4.78, 5) is 22.5. The van der Waals surface area contributed by atoms with E-state index in [0.29, 0.717) is 12.8 Å². The molecule has 45 heavy (non-hydrogen) atoms. The summed E-state index contributed by atoms with van der Waals surface area (Å²) in [6.45, 7) is 3.79. The van der Waals surface area contributed by atoms with Crippen molar-refractivity contribution >= 4 is 13.7 Å². The highest BCUT2D eigenvalue weighted by Gasteiger charge is 2.27. The molecule has 0 radical (unpaired) electrons. The van der Waals surface area contributed by atoms with Gasteiger partial charge in [-0.2, -0.15) is 0 Å². The number of rotatable bonds is 32. The summed E-state index contributed by atoms with van der Waals surface area (Å²) in [6.07, 6.45) is 31.2. The standard InChI is InChI=1S/C35H67N2O7P/c1-3-5-7-9-11-12-13-14-15-16-17-18-19-21-22-24-26-32(38)30-35(40)37-33(31-44-45(41,42)43-29-28-36)34(39)27-25-23-20-10-8-6-4-2/h8,10,17-18,25,27,32-34,38-39H,3-7,9,11-16,19-24,26,28-31,36H2,1-2H3,(H,37,40)(H,41,42)/b10-8+,18-17-,27-25+. The molecule has 10 heteroatoms. The van der Waals surface area contributed by atoms with Gasteiger partial charge in [0.15, 0.2) is 0 Å². The Hall–Kier alpha value is -1.32. The fourth-order valence-electron chi connectivity index (χ4n) is 4.78. The molecular formula is C35H67N2O7P. The maximum atomic E-state index is 12.7. The molecule has 0 aliphatic heterocycles. The highest BCUT2D eigenvalue weighted by atomic mass is 31.2. The Labute approximate surface area is 274 Å². The molecule has 264 valence electrons. The first-order valence-electron chi connectivity index (χ1n) is 17.7. The molecule has 6 N–H and O–H groups in total. The molecule has 0 rings (SSSR count). The van der Waals surface area contributed by atoms with E-state index in [4.69, 9.17) is 14.8 Å². The molecule has 0 aliphatic carbocycles. The van der Waals surface area contributed by atoms with Crippen molar-refractivity contribution in [3.05, 3.63) is 36.5 Å². The van der Waals surface area contributed by atoms with Crippen molar-refractivity contribution in [2.45, 2.75) is 161 Å². The summed E-state index contributed by atoms with van der Waals surface area (Å²) < 4.78 is 21.8. The second-order valence-corrected chi connectivity index (χ2v) is 13.4. The number of aliphatic hydroxyl groups is 2. The Morgan fingerprint density at radius 2 is 1.31 bits per heavy atom. The lowest BCUT2D eigenvalue weighted by Gasteiger charge is -2.24. The zero-order valence-corrected chi connectivity index (χ0v) is 29.4. The first kappa shape index (κ1) is 43.7. The number of phosphoric ester groups is 1. The summed E-state index contributed by atoms with van der Waals surface area (Å²) in [6, 6.07) is -0.999. The molecule has 0 aromatic rings. The van der Waals surface area contributed by atoms with Gasteiger partial charge in [-0.3, -0.25) is 13.8 Å². The normalized spacial score (nSPS) is 15.6. The number of hydrogen-bond donors (Lipinski definition) is 5. The monoisotopic (exact) mass is 658 g/mol. The largest absolute Gasteiger partial charge is 0.472 e. The number of allylic oxidation sites excluding steroid dienone is 5. The van der Waals surface area contributed by atoms with Crippen molar-refractivity contribution in [1.29, 1.82) is 0 Å². The first-order chi connectivity index (χ1) is 21.8. The van der Waals surface area contributed by atoms with Crippen LogP contribution in [-0.2, 0) is 18.4 Å². The molecular weight excluding hydrogens is 591 g/mol. The third-order valence-corrected chi connectivity index (χ3v) is 8.46. The van der Waals surface area contributed by atoms with Gasteiger partial charge in [-0.25, -0.2) is 4.57 Å². The smallest absolute Gasteiger partial charge is 0.393 e. The van der Waals surface area contributed by atoms with Gasteiger partial charge in [-0.15, -0.1) is 0 Å². The lowest BCUT2D eigenvalue weighted by atomic mass is 10.0. The van der Waals surface area contributed by atoms with E-state index in [2.05, 4.69) is 43.5 Å². The summed E-state index contributed by atoms with van der Waals surface area (Å²) in [5.41, 5.74) is 5.31. The van der Waals surface area contributed by atoms with Crippen LogP contribution in [0, 0.1) is 0 Å². The number of phosphoric acid groups is 1. The summed E-state index contributed by atoms with van der Waals surface area (Å²) >= 11 is 0. The van der Waals surface area contributed by atoms with Crippen molar-refractivity contribution in [3.63, 3.8) is 0 Å². The van der Waals surface area contributed by atoms with Crippen molar-refractivity contribution < 1.29 is 33.5 Å². The zero-order chi connectivity index (χ0) is 33.4. The van der Waals surface area contributed by atoms with Gasteiger partial charge in [0.2, 0.25) is 5.91 Å². The Morgan fingerprint density at radius 1 is 0.756 bits per heavy atom. The molecule has 4 unspecified atom stereocenters. The van der Waals surface area contributed by atoms with Crippen LogP contribution in [0.5, 0.6) is 0 Å². The summed E-state index contributed by atoms with van der Waals surface area (Å²) in [7, 11) is -4.39. The van der Waals surface area contributed by atoms with Gasteiger partial charge in [0, 0.05) is 6.54 Å². The highest BCUT2D eigenvalue weighted by molar-refractivity contribution is 7.47. The van der Waals surface area contributed by atoms with Crippen LogP contribution in [0.2, 0.25) is 0 Å². The van der Waals surface area contributed by atoms with Crippen LogP contribution in [0.15, 0.2) is 36.5 Å². The number of hydrogen-bond acceptors (Lipinski definition) is 7. The van der Waals surface area contributed by atoms with Gasteiger partial charge in [-0.1, -0.05) is 121 Å². The third kappa shape index (κ3) is 29.8. The zero-order valence-electron chi connectivity index (χ0n) is 28.5. The van der Waals surface area contributed by atoms with Crippen molar-refractivity contribution in [3.8, 4) is 0 Å². The highest BCUT2D eigenvalue weighted by Crippen LogP contribution is 2.43. The number of unbranched alkanes of at least 4 members (excludes halogenated alkanes) is 14. The van der Waals surface area contributed by atoms with Gasteiger partial charge in [0.05, 0.1) is 37.9 Å². The summed E-state index contributed by atoms with van der Waals surface area (Å²) in [5, 5.41) is 23.7. The molecule has 0 aromatic heterocycles. The molecule has 4 atom stereocenters. The Morgan fingerprint density at radius 3 is 1.93 bits per heavy atom. The molecule has 0 fully saturated rings. The van der Waals surface area contributed by atoms with E-state index in [0.717, 1.165) is 51.4 Å². The second kappa shape index (κ2) is 31.3. The van der Waals surface area contributed by atoms with Crippen LogP contribution < -0.4 is 11.1 Å². The maximum Gasteiger partial charge on any atom is 0.472 e. The van der Waals surface area contributed by atoms with Gasteiger partial charge in [-0.05, 0) is 51.4 Å². The molecule has 0 aliphatic rings. The molecule has 0 heterocycles. The van der Waals surface area contributed by atoms with Gasteiger partial charge in [0.1, 0.15) is 0 Å². The maximum absolute atomic E-state index is 12.7. The fraction of sp³-hybridized carbons (Fsp3) is 0.800. The number of carbonyl (C=O) groups is 1. The predicted molar refractivity (Wildman–Crippen MR) is 186 cm³/mol. The van der Waals surface area contributed by atoms with Gasteiger partial charge < -0.3 is 26.2 Å². The number of carbonyl (C=O) groups excluding carboxylic acids is 1. The van der Waals surface area contributed by atoms with E-state index in [1.165, 1.54) is 63.9 Å². The van der Waals surface area contributed by atoms with E-state index in [1.54, 1.807) is 6.08 Å². The lowest BCUT2D eigenvalue weighted by molar-refractivity contribution is -0.124. The average molecular weight is 659 g/mol. The lowest BCUT2D eigenvalue weighted by Crippen LogP contribution is -2.46. The van der Waals surface area contributed by atoms with Crippen LogP contribution in [0.3, 0.4) is 0 Å². The predicted octanol–water partition coefficient (Wildman–Crippen LogP) is 7.80. The van der Waals surface area contributed by atoms with E-state index >= 15 is 0 Å². The number of amides is 1. The third-order valence-electron chi connectivity index (χ3n) is 7.47. The second-order valence-electron chi connectivity index (χ2n) is 11.9.